The highest BCUT2D eigenvalue weighted by molar-refractivity contribution is 7.09. The zero-order chi connectivity index (χ0) is 11.5. The number of aromatic nitrogens is 2. The minimum Gasteiger partial charge on any atom is -0.335 e. The molecule has 0 radical (unpaired) electrons. The molecule has 0 fully saturated rings. The predicted octanol–water partition coefficient (Wildman–Crippen LogP) is 2.18. The van der Waals surface area contributed by atoms with E-state index in [9.17, 15) is 4.79 Å². The van der Waals surface area contributed by atoms with E-state index in [0.717, 1.165) is 10.6 Å². The number of aryl methyl sites for hydroxylation is 1. The van der Waals surface area contributed by atoms with Crippen LogP contribution in [0.4, 0.5) is 0 Å². The highest BCUT2D eigenvalue weighted by Gasteiger charge is 2.15. The number of rotatable bonds is 3. The molecule has 0 bridgehead atoms. The van der Waals surface area contributed by atoms with Gasteiger partial charge in [0.15, 0.2) is 0 Å². The third kappa shape index (κ3) is 2.28. The first-order valence-electron chi connectivity index (χ1n) is 4.71. The van der Waals surface area contributed by atoms with E-state index in [1.54, 1.807) is 39.7 Å². The monoisotopic (exact) mass is 253 g/mol. The molecule has 6 heteroatoms. The van der Waals surface area contributed by atoms with Crippen molar-refractivity contribution in [1.82, 2.24) is 14.9 Å². The van der Waals surface area contributed by atoms with Crippen LogP contribution in [0.3, 0.4) is 0 Å². The Balaban J connectivity index is 2.07. The normalized spacial score (nSPS) is 10.4. The standard InChI is InChI=1S/C10H11N3OS2/c1-7-9(16-6-11-7)3-13(2)10(14)8-4-15-5-12-8/h4-6H,3H2,1-2H3. The molecule has 0 aromatic carbocycles. The van der Waals surface area contributed by atoms with Crippen LogP contribution in [-0.2, 0) is 6.54 Å². The Morgan fingerprint density at radius 2 is 2.25 bits per heavy atom. The molecule has 0 saturated heterocycles. The van der Waals surface area contributed by atoms with Crippen LogP contribution >= 0.6 is 22.7 Å². The minimum atomic E-state index is -0.0472. The SMILES string of the molecule is Cc1ncsc1CN(C)C(=O)c1cscn1. The Kier molecular flexibility index (Phi) is 3.31. The van der Waals surface area contributed by atoms with E-state index in [2.05, 4.69) is 9.97 Å². The Bertz CT molecular complexity index is 478. The molecule has 0 N–H and O–H groups in total. The third-order valence-corrected chi connectivity index (χ3v) is 3.73. The highest BCUT2D eigenvalue weighted by atomic mass is 32.1. The van der Waals surface area contributed by atoms with Crippen molar-refractivity contribution in [1.29, 1.82) is 0 Å². The maximum Gasteiger partial charge on any atom is 0.273 e. The number of carbonyl (C=O) groups excluding carboxylic acids is 1. The Hall–Kier alpha value is -1.27. The van der Waals surface area contributed by atoms with Gasteiger partial charge in [0.2, 0.25) is 0 Å². The lowest BCUT2D eigenvalue weighted by atomic mass is 10.3. The van der Waals surface area contributed by atoms with Crippen molar-refractivity contribution >= 4 is 28.6 Å². The summed E-state index contributed by atoms with van der Waals surface area (Å²) in [4.78, 5) is 22.8. The van der Waals surface area contributed by atoms with Crippen LogP contribution in [0.1, 0.15) is 21.1 Å². The lowest BCUT2D eigenvalue weighted by Gasteiger charge is -2.14. The molecule has 16 heavy (non-hydrogen) atoms. The van der Waals surface area contributed by atoms with Gasteiger partial charge in [-0.3, -0.25) is 4.79 Å². The van der Waals surface area contributed by atoms with Crippen molar-refractivity contribution in [2.45, 2.75) is 13.5 Å². The van der Waals surface area contributed by atoms with Crippen molar-refractivity contribution in [3.05, 3.63) is 32.7 Å². The van der Waals surface area contributed by atoms with E-state index in [1.807, 2.05) is 6.92 Å². The lowest BCUT2D eigenvalue weighted by molar-refractivity contribution is 0.0781. The van der Waals surface area contributed by atoms with E-state index in [0.29, 0.717) is 12.2 Å². The predicted molar refractivity (Wildman–Crippen MR) is 64.8 cm³/mol. The lowest BCUT2D eigenvalue weighted by Crippen LogP contribution is -2.26. The molecule has 2 aromatic heterocycles. The fourth-order valence-corrected chi connectivity index (χ4v) is 2.63. The van der Waals surface area contributed by atoms with Gasteiger partial charge in [0.25, 0.3) is 5.91 Å². The van der Waals surface area contributed by atoms with Gasteiger partial charge in [-0.1, -0.05) is 0 Å². The molecule has 0 spiro atoms. The minimum absolute atomic E-state index is 0.0472. The van der Waals surface area contributed by atoms with Gasteiger partial charge in [-0.25, -0.2) is 9.97 Å². The molecule has 0 aliphatic carbocycles. The second kappa shape index (κ2) is 4.71. The Morgan fingerprint density at radius 3 is 2.81 bits per heavy atom. The first-order valence-corrected chi connectivity index (χ1v) is 6.53. The molecule has 0 aliphatic heterocycles. The van der Waals surface area contributed by atoms with Gasteiger partial charge in [0.1, 0.15) is 5.69 Å². The Morgan fingerprint density at radius 1 is 1.44 bits per heavy atom. The van der Waals surface area contributed by atoms with Crippen LogP contribution in [0.15, 0.2) is 16.4 Å². The van der Waals surface area contributed by atoms with Crippen LogP contribution in [0.25, 0.3) is 0 Å². The summed E-state index contributed by atoms with van der Waals surface area (Å²) in [5.74, 6) is -0.0472. The number of hydrogen-bond acceptors (Lipinski definition) is 5. The van der Waals surface area contributed by atoms with Gasteiger partial charge in [-0.15, -0.1) is 22.7 Å². The maximum absolute atomic E-state index is 11.9. The van der Waals surface area contributed by atoms with E-state index in [-0.39, 0.29) is 5.91 Å². The smallest absolute Gasteiger partial charge is 0.273 e. The number of hydrogen-bond donors (Lipinski definition) is 0. The number of carbonyl (C=O) groups is 1. The van der Waals surface area contributed by atoms with Crippen molar-refractivity contribution in [3.63, 3.8) is 0 Å². The van der Waals surface area contributed by atoms with Gasteiger partial charge in [-0.05, 0) is 6.92 Å². The second-order valence-electron chi connectivity index (χ2n) is 3.40. The summed E-state index contributed by atoms with van der Waals surface area (Å²) in [6, 6.07) is 0. The van der Waals surface area contributed by atoms with Gasteiger partial charge in [0.05, 0.1) is 23.3 Å². The molecule has 4 nitrogen and oxygen atoms in total. The van der Waals surface area contributed by atoms with Crippen LogP contribution < -0.4 is 0 Å². The largest absolute Gasteiger partial charge is 0.335 e. The van der Waals surface area contributed by atoms with E-state index < -0.39 is 0 Å². The molecule has 2 heterocycles. The molecule has 2 rings (SSSR count). The number of amides is 1. The highest BCUT2D eigenvalue weighted by Crippen LogP contribution is 2.15. The molecular formula is C10H11N3OS2. The zero-order valence-electron chi connectivity index (χ0n) is 9.01. The van der Waals surface area contributed by atoms with Crippen molar-refractivity contribution in [2.24, 2.45) is 0 Å². The summed E-state index contributed by atoms with van der Waals surface area (Å²) in [6.45, 7) is 2.54. The molecule has 0 aliphatic rings. The molecule has 0 saturated carbocycles. The topological polar surface area (TPSA) is 46.1 Å². The molecule has 0 atom stereocenters. The zero-order valence-corrected chi connectivity index (χ0v) is 10.6. The van der Waals surface area contributed by atoms with E-state index in [1.165, 1.54) is 11.3 Å². The van der Waals surface area contributed by atoms with Gasteiger partial charge in [0, 0.05) is 17.3 Å². The average molecular weight is 253 g/mol. The van der Waals surface area contributed by atoms with Crippen LogP contribution in [0.2, 0.25) is 0 Å². The molecule has 84 valence electrons. The molecule has 1 amide bonds. The first kappa shape index (κ1) is 11.2. The fourth-order valence-electron chi connectivity index (χ4n) is 1.28. The van der Waals surface area contributed by atoms with Crippen molar-refractivity contribution < 1.29 is 4.79 Å². The summed E-state index contributed by atoms with van der Waals surface area (Å²) < 4.78 is 0. The quantitative estimate of drug-likeness (QED) is 0.842. The number of thiazole rings is 2. The summed E-state index contributed by atoms with van der Waals surface area (Å²) in [5.41, 5.74) is 4.96. The summed E-state index contributed by atoms with van der Waals surface area (Å²) in [7, 11) is 1.78. The van der Waals surface area contributed by atoms with Crippen LogP contribution in [-0.4, -0.2) is 27.8 Å². The maximum atomic E-state index is 11.9. The van der Waals surface area contributed by atoms with E-state index in [4.69, 9.17) is 0 Å². The Labute approximate surface area is 102 Å². The van der Waals surface area contributed by atoms with Crippen LogP contribution in [0, 0.1) is 6.92 Å². The van der Waals surface area contributed by atoms with Crippen LogP contribution in [0.5, 0.6) is 0 Å². The summed E-state index contributed by atoms with van der Waals surface area (Å²) in [5, 5.41) is 1.76. The molecular weight excluding hydrogens is 242 g/mol. The van der Waals surface area contributed by atoms with Gasteiger partial charge in [-0.2, -0.15) is 0 Å². The fraction of sp³-hybridized carbons (Fsp3) is 0.300. The second-order valence-corrected chi connectivity index (χ2v) is 5.05. The molecule has 2 aromatic rings. The van der Waals surface area contributed by atoms with Crippen molar-refractivity contribution in [2.75, 3.05) is 7.05 Å². The van der Waals surface area contributed by atoms with E-state index >= 15 is 0 Å². The summed E-state index contributed by atoms with van der Waals surface area (Å²) in [6.07, 6.45) is 0. The third-order valence-electron chi connectivity index (χ3n) is 2.22. The van der Waals surface area contributed by atoms with Gasteiger partial charge >= 0.3 is 0 Å². The molecule has 0 unspecified atom stereocenters. The first-order chi connectivity index (χ1) is 7.68. The van der Waals surface area contributed by atoms with Gasteiger partial charge < -0.3 is 4.90 Å². The average Bonchev–Trinajstić information content (AvgIpc) is 2.89. The summed E-state index contributed by atoms with van der Waals surface area (Å²) >= 11 is 3.00. The van der Waals surface area contributed by atoms with Crippen molar-refractivity contribution in [3.8, 4) is 0 Å². The number of nitrogens with zero attached hydrogens (tertiary/aromatic N) is 3.